The van der Waals surface area contributed by atoms with E-state index in [0.717, 1.165) is 45.1 Å². The molecule has 2 atom stereocenters. The maximum atomic E-state index is 13.5. The highest BCUT2D eigenvalue weighted by atomic mass is 19.4. The van der Waals surface area contributed by atoms with E-state index in [1.807, 2.05) is 12.1 Å². The predicted molar refractivity (Wildman–Crippen MR) is 110 cm³/mol. The second-order valence-corrected chi connectivity index (χ2v) is 8.87. The molecule has 2 N–H and O–H groups in total. The smallest absolute Gasteiger partial charge is 0.381 e. The van der Waals surface area contributed by atoms with Gasteiger partial charge in [0, 0.05) is 50.0 Å². The highest BCUT2D eigenvalue weighted by molar-refractivity contribution is 5.70. The molecule has 5 rings (SSSR count). The number of hydrogen-bond donors (Lipinski definition) is 2. The summed E-state index contributed by atoms with van der Waals surface area (Å²) in [7, 11) is 0. The van der Waals surface area contributed by atoms with Gasteiger partial charge < -0.3 is 15.5 Å². The molecule has 0 aromatic heterocycles. The zero-order chi connectivity index (χ0) is 22.7. The molecule has 3 nitrogen and oxygen atoms in total. The highest BCUT2D eigenvalue weighted by Gasteiger charge is 2.40. The molecule has 0 bridgehead atoms. The second-order valence-electron chi connectivity index (χ2n) is 8.87. The molecule has 2 aromatic rings. The molecule has 0 saturated carbocycles. The minimum Gasteiger partial charge on any atom is -0.381 e. The van der Waals surface area contributed by atoms with Gasteiger partial charge in [-0.25, -0.2) is 0 Å². The molecule has 32 heavy (non-hydrogen) atoms. The molecule has 0 aliphatic carbocycles. The molecule has 2 unspecified atom stereocenters. The largest absolute Gasteiger partial charge is 0.416 e. The summed E-state index contributed by atoms with van der Waals surface area (Å²) in [5.74, 6) is 0.882. The Morgan fingerprint density at radius 3 is 2.56 bits per heavy atom. The lowest BCUT2D eigenvalue weighted by Gasteiger charge is -2.42. The number of fused-ring (bicyclic) bond motifs is 2. The van der Waals surface area contributed by atoms with Crippen LogP contribution in [0.15, 0.2) is 30.3 Å². The Morgan fingerprint density at radius 2 is 1.81 bits per heavy atom. The minimum atomic E-state index is -4.87. The third kappa shape index (κ3) is 3.80. The quantitative estimate of drug-likeness (QED) is 0.607. The van der Waals surface area contributed by atoms with Crippen LogP contribution < -0.4 is 15.5 Å². The van der Waals surface area contributed by atoms with E-state index in [1.165, 1.54) is 16.8 Å². The maximum absolute atomic E-state index is 13.5. The molecule has 172 valence electrons. The van der Waals surface area contributed by atoms with Gasteiger partial charge in [0.25, 0.3) is 0 Å². The molecule has 0 amide bonds. The Kier molecular flexibility index (Phi) is 5.07. The van der Waals surface area contributed by atoms with Crippen LogP contribution in [0.4, 0.5) is 37.7 Å². The van der Waals surface area contributed by atoms with Crippen molar-refractivity contribution >= 4 is 11.4 Å². The maximum Gasteiger partial charge on any atom is 0.416 e. The van der Waals surface area contributed by atoms with E-state index >= 15 is 0 Å². The number of anilines is 2. The SMILES string of the molecule is FC(F)(F)c1ccc(CNc2cc3c4c(c2)C2CNCC2CN4CCC3)c(C(F)(F)F)c1. The first-order chi connectivity index (χ1) is 15.1. The van der Waals surface area contributed by atoms with Gasteiger partial charge in [-0.3, -0.25) is 0 Å². The molecule has 3 heterocycles. The molecule has 0 spiro atoms. The van der Waals surface area contributed by atoms with E-state index in [0.29, 0.717) is 23.6 Å². The van der Waals surface area contributed by atoms with Crippen LogP contribution in [-0.2, 0) is 25.3 Å². The summed E-state index contributed by atoms with van der Waals surface area (Å²) in [6.07, 6.45) is -7.76. The van der Waals surface area contributed by atoms with Crippen molar-refractivity contribution in [2.75, 3.05) is 36.4 Å². The Bertz CT molecular complexity index is 1030. The summed E-state index contributed by atoms with van der Waals surface area (Å²) in [6, 6.07) is 5.80. The van der Waals surface area contributed by atoms with Crippen LogP contribution in [0.5, 0.6) is 0 Å². The fourth-order valence-corrected chi connectivity index (χ4v) is 5.37. The lowest BCUT2D eigenvalue weighted by molar-refractivity contribution is -0.143. The fraction of sp³-hybridized carbons (Fsp3) is 0.478. The van der Waals surface area contributed by atoms with E-state index in [-0.39, 0.29) is 18.2 Å². The van der Waals surface area contributed by atoms with Gasteiger partial charge in [-0.2, -0.15) is 26.3 Å². The molecule has 1 saturated heterocycles. The van der Waals surface area contributed by atoms with E-state index in [1.54, 1.807) is 0 Å². The number of benzene rings is 2. The van der Waals surface area contributed by atoms with Gasteiger partial charge in [0.1, 0.15) is 0 Å². The van der Waals surface area contributed by atoms with Crippen molar-refractivity contribution in [3.05, 3.63) is 58.1 Å². The van der Waals surface area contributed by atoms with E-state index in [9.17, 15) is 26.3 Å². The second kappa shape index (κ2) is 7.57. The number of aryl methyl sites for hydroxylation is 1. The molecular weight excluding hydrogens is 432 g/mol. The van der Waals surface area contributed by atoms with E-state index in [4.69, 9.17) is 0 Å². The van der Waals surface area contributed by atoms with Crippen LogP contribution in [0.1, 0.15) is 40.2 Å². The minimum absolute atomic E-state index is 0.195. The van der Waals surface area contributed by atoms with Gasteiger partial charge >= 0.3 is 12.4 Å². The molecular formula is C23H23F6N3. The topological polar surface area (TPSA) is 27.3 Å². The molecule has 9 heteroatoms. The van der Waals surface area contributed by atoms with Gasteiger partial charge in [0.05, 0.1) is 11.1 Å². The summed E-state index contributed by atoms with van der Waals surface area (Å²) in [5.41, 5.74) is 1.61. The van der Waals surface area contributed by atoms with Crippen LogP contribution in [0, 0.1) is 5.92 Å². The van der Waals surface area contributed by atoms with Gasteiger partial charge in [-0.05, 0) is 59.7 Å². The van der Waals surface area contributed by atoms with Crippen LogP contribution in [0.2, 0.25) is 0 Å². The highest BCUT2D eigenvalue weighted by Crippen LogP contribution is 2.46. The zero-order valence-electron chi connectivity index (χ0n) is 17.2. The van der Waals surface area contributed by atoms with Crippen molar-refractivity contribution in [3.8, 4) is 0 Å². The van der Waals surface area contributed by atoms with Crippen LogP contribution in [-0.4, -0.2) is 26.2 Å². The van der Waals surface area contributed by atoms with Gasteiger partial charge in [0.15, 0.2) is 0 Å². The van der Waals surface area contributed by atoms with Crippen molar-refractivity contribution in [3.63, 3.8) is 0 Å². The Morgan fingerprint density at radius 1 is 1.00 bits per heavy atom. The van der Waals surface area contributed by atoms with Crippen molar-refractivity contribution in [2.45, 2.75) is 37.7 Å². The van der Waals surface area contributed by atoms with Gasteiger partial charge in [-0.1, -0.05) is 6.07 Å². The molecule has 0 radical (unpaired) electrons. The van der Waals surface area contributed by atoms with E-state index in [2.05, 4.69) is 15.5 Å². The third-order valence-electron chi connectivity index (χ3n) is 6.83. The van der Waals surface area contributed by atoms with Crippen molar-refractivity contribution in [2.24, 2.45) is 5.92 Å². The Labute approximate surface area is 181 Å². The van der Waals surface area contributed by atoms with Gasteiger partial charge in [-0.15, -0.1) is 0 Å². The first-order valence-corrected chi connectivity index (χ1v) is 10.7. The molecule has 3 aliphatic rings. The number of nitrogens with zero attached hydrogens (tertiary/aromatic N) is 1. The predicted octanol–water partition coefficient (Wildman–Crippen LogP) is 5.41. The lowest BCUT2D eigenvalue weighted by atomic mass is 9.80. The standard InChI is InChI=1S/C23H23F6N3/c24-22(25,26)16-4-3-14(20(7-16)23(27,28)29)10-31-17-6-13-2-1-5-32-12-15-9-30-11-19(15)18(8-17)21(13)32/h3-4,6-8,15,19,30-31H,1-2,5,9-12H2. The number of rotatable bonds is 3. The monoisotopic (exact) mass is 455 g/mol. The fourth-order valence-electron chi connectivity index (χ4n) is 5.37. The van der Waals surface area contributed by atoms with Crippen LogP contribution in [0.25, 0.3) is 0 Å². The molecule has 3 aliphatic heterocycles. The number of halogens is 6. The summed E-state index contributed by atoms with van der Waals surface area (Å²) in [5, 5.41) is 6.50. The molecule has 1 fully saturated rings. The average molecular weight is 455 g/mol. The first kappa shape index (κ1) is 21.4. The first-order valence-electron chi connectivity index (χ1n) is 10.7. The zero-order valence-corrected chi connectivity index (χ0v) is 17.2. The summed E-state index contributed by atoms with van der Waals surface area (Å²) in [4.78, 5) is 2.42. The van der Waals surface area contributed by atoms with Crippen molar-refractivity contribution in [1.82, 2.24) is 5.32 Å². The van der Waals surface area contributed by atoms with E-state index < -0.39 is 23.5 Å². The number of alkyl halides is 6. The van der Waals surface area contributed by atoms with Crippen molar-refractivity contribution < 1.29 is 26.3 Å². The normalized spacial score (nSPS) is 22.5. The molecule has 2 aromatic carbocycles. The number of nitrogens with one attached hydrogen (secondary N) is 2. The summed E-state index contributed by atoms with van der Waals surface area (Å²) >= 11 is 0. The van der Waals surface area contributed by atoms with Crippen molar-refractivity contribution in [1.29, 1.82) is 0 Å². The Balaban J connectivity index is 1.46. The summed E-state index contributed by atoms with van der Waals surface area (Å²) in [6.45, 7) is 3.66. The van der Waals surface area contributed by atoms with Gasteiger partial charge in [0.2, 0.25) is 0 Å². The third-order valence-corrected chi connectivity index (χ3v) is 6.83. The average Bonchev–Trinajstić information content (AvgIpc) is 3.19. The Hall–Kier alpha value is -2.42. The lowest BCUT2D eigenvalue weighted by Crippen LogP contribution is -2.41. The summed E-state index contributed by atoms with van der Waals surface area (Å²) < 4.78 is 79.2. The van der Waals surface area contributed by atoms with Crippen LogP contribution in [0.3, 0.4) is 0 Å². The number of hydrogen-bond acceptors (Lipinski definition) is 3. The van der Waals surface area contributed by atoms with Crippen LogP contribution >= 0.6 is 0 Å².